The second kappa shape index (κ2) is 8.98. The van der Waals surface area contributed by atoms with E-state index in [-0.39, 0.29) is 24.4 Å². The summed E-state index contributed by atoms with van der Waals surface area (Å²) in [6, 6.07) is 8.17. The lowest BCUT2D eigenvalue weighted by atomic mass is 9.99. The van der Waals surface area contributed by atoms with Gasteiger partial charge in [-0.15, -0.1) is 12.4 Å². The first kappa shape index (κ1) is 18.9. The van der Waals surface area contributed by atoms with E-state index in [1.165, 1.54) is 5.56 Å². The lowest BCUT2D eigenvalue weighted by Gasteiger charge is -2.15. The number of carbonyl (C=O) groups excluding carboxylic acids is 1. The Balaban J connectivity index is 0.00000361. The third-order valence-corrected chi connectivity index (χ3v) is 3.14. The van der Waals surface area contributed by atoms with Gasteiger partial charge in [0.1, 0.15) is 0 Å². The number of rotatable bonds is 6. The molecule has 1 aromatic rings. The Hall–Kier alpha value is -1.06. The van der Waals surface area contributed by atoms with Crippen LogP contribution in [0.2, 0.25) is 0 Å². The first-order valence-corrected chi connectivity index (χ1v) is 7.02. The predicted octanol–water partition coefficient (Wildman–Crippen LogP) is 3.39. The number of amides is 1. The second-order valence-corrected chi connectivity index (χ2v) is 5.83. The van der Waals surface area contributed by atoms with Gasteiger partial charge in [0.2, 0.25) is 5.91 Å². The molecular formula is C16H27ClN2O. The van der Waals surface area contributed by atoms with Crippen LogP contribution in [0.3, 0.4) is 0 Å². The molecule has 3 N–H and O–H groups in total. The van der Waals surface area contributed by atoms with Crippen molar-refractivity contribution in [3.8, 4) is 0 Å². The van der Waals surface area contributed by atoms with Crippen LogP contribution in [0.25, 0.3) is 0 Å². The summed E-state index contributed by atoms with van der Waals surface area (Å²) >= 11 is 0. The van der Waals surface area contributed by atoms with E-state index >= 15 is 0 Å². The first-order chi connectivity index (χ1) is 8.90. The summed E-state index contributed by atoms with van der Waals surface area (Å²) in [5.74, 6) is 0.974. The standard InChI is InChI=1S/C16H26N2O.ClH/c1-11(2)9-16(19)18-10-15(17)14-7-5-13(6-8-14)12(3)4;/h5-8,11-12,15H,9-10,17H2,1-4H3,(H,18,19);1H. The van der Waals surface area contributed by atoms with Gasteiger partial charge in [-0.05, 0) is 23.0 Å². The van der Waals surface area contributed by atoms with Crippen molar-refractivity contribution in [1.29, 1.82) is 0 Å². The molecule has 1 unspecified atom stereocenters. The number of nitrogens with two attached hydrogens (primary N) is 1. The van der Waals surface area contributed by atoms with E-state index in [1.807, 2.05) is 13.8 Å². The quantitative estimate of drug-likeness (QED) is 0.846. The van der Waals surface area contributed by atoms with Gasteiger partial charge in [0.15, 0.2) is 0 Å². The Morgan fingerprint density at radius 3 is 2.05 bits per heavy atom. The van der Waals surface area contributed by atoms with Crippen molar-refractivity contribution < 1.29 is 4.79 Å². The Morgan fingerprint density at radius 1 is 1.10 bits per heavy atom. The van der Waals surface area contributed by atoms with E-state index in [1.54, 1.807) is 0 Å². The number of benzene rings is 1. The predicted molar refractivity (Wildman–Crippen MR) is 87.2 cm³/mol. The lowest BCUT2D eigenvalue weighted by Crippen LogP contribution is -2.32. The lowest BCUT2D eigenvalue weighted by molar-refractivity contribution is -0.121. The van der Waals surface area contributed by atoms with Crippen LogP contribution in [0.4, 0.5) is 0 Å². The maximum atomic E-state index is 11.6. The van der Waals surface area contributed by atoms with Crippen LogP contribution in [-0.2, 0) is 4.79 Å². The number of hydrogen-bond acceptors (Lipinski definition) is 2. The van der Waals surface area contributed by atoms with Gasteiger partial charge >= 0.3 is 0 Å². The van der Waals surface area contributed by atoms with Gasteiger partial charge in [-0.1, -0.05) is 52.0 Å². The number of hydrogen-bond donors (Lipinski definition) is 2. The van der Waals surface area contributed by atoms with Crippen LogP contribution < -0.4 is 11.1 Å². The van der Waals surface area contributed by atoms with Crippen molar-refractivity contribution in [3.05, 3.63) is 35.4 Å². The van der Waals surface area contributed by atoms with Gasteiger partial charge in [0.05, 0.1) is 0 Å². The minimum Gasteiger partial charge on any atom is -0.354 e. The average molecular weight is 299 g/mol. The molecule has 114 valence electrons. The SMILES string of the molecule is CC(C)CC(=O)NCC(N)c1ccc(C(C)C)cc1.Cl. The minimum absolute atomic E-state index is 0. The van der Waals surface area contributed by atoms with Gasteiger partial charge in [-0.25, -0.2) is 0 Å². The number of halogens is 1. The summed E-state index contributed by atoms with van der Waals surface area (Å²) in [6.07, 6.45) is 0.555. The molecule has 0 aliphatic carbocycles. The summed E-state index contributed by atoms with van der Waals surface area (Å²) in [4.78, 5) is 11.6. The molecule has 0 heterocycles. The first-order valence-electron chi connectivity index (χ1n) is 7.02. The van der Waals surface area contributed by atoms with Crippen molar-refractivity contribution in [2.24, 2.45) is 11.7 Å². The van der Waals surface area contributed by atoms with Crippen molar-refractivity contribution in [2.45, 2.75) is 46.1 Å². The van der Waals surface area contributed by atoms with Crippen LogP contribution in [0.5, 0.6) is 0 Å². The molecule has 0 saturated heterocycles. The normalized spacial score (nSPS) is 12.2. The molecule has 4 heteroatoms. The molecule has 1 aromatic carbocycles. The van der Waals surface area contributed by atoms with Crippen LogP contribution in [0.1, 0.15) is 57.2 Å². The van der Waals surface area contributed by atoms with E-state index in [0.29, 0.717) is 24.8 Å². The molecular weight excluding hydrogens is 272 g/mol. The molecule has 0 aliphatic heterocycles. The fourth-order valence-electron chi connectivity index (χ4n) is 1.91. The molecule has 0 fully saturated rings. The molecule has 3 nitrogen and oxygen atoms in total. The maximum absolute atomic E-state index is 11.6. The van der Waals surface area contributed by atoms with Crippen molar-refractivity contribution >= 4 is 18.3 Å². The number of carbonyl (C=O) groups is 1. The van der Waals surface area contributed by atoms with Gasteiger partial charge < -0.3 is 11.1 Å². The minimum atomic E-state index is -0.141. The van der Waals surface area contributed by atoms with Crippen molar-refractivity contribution in [2.75, 3.05) is 6.54 Å². The monoisotopic (exact) mass is 298 g/mol. The third-order valence-electron chi connectivity index (χ3n) is 3.14. The second-order valence-electron chi connectivity index (χ2n) is 5.83. The molecule has 0 aromatic heterocycles. The topological polar surface area (TPSA) is 55.1 Å². The average Bonchev–Trinajstić information content (AvgIpc) is 2.35. The molecule has 0 saturated carbocycles. The molecule has 1 rings (SSSR count). The highest BCUT2D eigenvalue weighted by atomic mass is 35.5. The van der Waals surface area contributed by atoms with Crippen molar-refractivity contribution in [1.82, 2.24) is 5.32 Å². The Morgan fingerprint density at radius 2 is 1.60 bits per heavy atom. The summed E-state index contributed by atoms with van der Waals surface area (Å²) < 4.78 is 0. The molecule has 0 radical (unpaired) electrons. The molecule has 0 bridgehead atoms. The Labute approximate surface area is 128 Å². The zero-order valence-electron chi connectivity index (χ0n) is 12.8. The molecule has 1 amide bonds. The highest BCUT2D eigenvalue weighted by molar-refractivity contribution is 5.85. The van der Waals surface area contributed by atoms with Crippen molar-refractivity contribution in [3.63, 3.8) is 0 Å². The highest BCUT2D eigenvalue weighted by Crippen LogP contribution is 2.17. The van der Waals surface area contributed by atoms with E-state index < -0.39 is 0 Å². The zero-order chi connectivity index (χ0) is 14.4. The molecule has 20 heavy (non-hydrogen) atoms. The largest absolute Gasteiger partial charge is 0.354 e. The summed E-state index contributed by atoms with van der Waals surface area (Å²) in [7, 11) is 0. The van der Waals surface area contributed by atoms with Crippen LogP contribution >= 0.6 is 12.4 Å². The van der Waals surface area contributed by atoms with E-state index in [4.69, 9.17) is 5.73 Å². The van der Waals surface area contributed by atoms with Crippen LogP contribution in [0.15, 0.2) is 24.3 Å². The van der Waals surface area contributed by atoms with E-state index in [0.717, 1.165) is 5.56 Å². The fourth-order valence-corrected chi connectivity index (χ4v) is 1.91. The maximum Gasteiger partial charge on any atom is 0.220 e. The summed E-state index contributed by atoms with van der Waals surface area (Å²) in [5.41, 5.74) is 8.46. The van der Waals surface area contributed by atoms with Crippen LogP contribution in [-0.4, -0.2) is 12.5 Å². The Kier molecular flexibility index (Phi) is 8.51. The van der Waals surface area contributed by atoms with Gasteiger partial charge in [0, 0.05) is 19.0 Å². The Bertz CT molecular complexity index is 401. The van der Waals surface area contributed by atoms with E-state index in [9.17, 15) is 4.79 Å². The van der Waals surface area contributed by atoms with E-state index in [2.05, 4.69) is 43.4 Å². The smallest absolute Gasteiger partial charge is 0.220 e. The van der Waals surface area contributed by atoms with Gasteiger partial charge in [-0.3, -0.25) is 4.79 Å². The van der Waals surface area contributed by atoms with Gasteiger partial charge in [-0.2, -0.15) is 0 Å². The third kappa shape index (κ3) is 6.40. The summed E-state index contributed by atoms with van der Waals surface area (Å²) in [5, 5.41) is 2.89. The molecule has 0 spiro atoms. The molecule has 1 atom stereocenters. The van der Waals surface area contributed by atoms with Gasteiger partial charge in [0.25, 0.3) is 0 Å². The number of nitrogens with one attached hydrogen (secondary N) is 1. The zero-order valence-corrected chi connectivity index (χ0v) is 13.7. The highest BCUT2D eigenvalue weighted by Gasteiger charge is 2.09. The molecule has 0 aliphatic rings. The van der Waals surface area contributed by atoms with Crippen LogP contribution in [0, 0.1) is 5.92 Å². The summed E-state index contributed by atoms with van der Waals surface area (Å²) in [6.45, 7) is 8.89. The fraction of sp³-hybridized carbons (Fsp3) is 0.562.